The molecule has 0 bridgehead atoms. The van der Waals surface area contributed by atoms with Gasteiger partial charge in [0.15, 0.2) is 6.29 Å². The van der Waals surface area contributed by atoms with E-state index in [1.165, 1.54) is 40.1 Å². The van der Waals surface area contributed by atoms with Gasteiger partial charge in [-0.05, 0) is 76.6 Å². The highest BCUT2D eigenvalue weighted by Gasteiger charge is 2.18. The second-order valence-electron chi connectivity index (χ2n) is 8.41. The lowest BCUT2D eigenvalue weighted by atomic mass is 9.84. The van der Waals surface area contributed by atoms with Crippen LogP contribution in [0.1, 0.15) is 34.5 Å². The van der Waals surface area contributed by atoms with Crippen LogP contribution in [0.15, 0.2) is 67.0 Å². The molecule has 0 fully saturated rings. The van der Waals surface area contributed by atoms with Gasteiger partial charge < -0.3 is 0 Å². The van der Waals surface area contributed by atoms with Gasteiger partial charge in [-0.2, -0.15) is 0 Å². The quantitative estimate of drug-likeness (QED) is 0.160. The Labute approximate surface area is 184 Å². The smallest absolute Gasteiger partial charge is 0.243 e. The summed E-state index contributed by atoms with van der Waals surface area (Å²) in [5, 5.41) is 6.58. The molecule has 3 aromatic carbocycles. The average Bonchev–Trinajstić information content (AvgIpc) is 2.87. The summed E-state index contributed by atoms with van der Waals surface area (Å²) in [5.74, 6) is -0.626. The van der Waals surface area contributed by atoms with Crippen LogP contribution in [-0.4, -0.2) is 22.0 Å². The van der Waals surface area contributed by atoms with E-state index in [1.807, 2.05) is 12.1 Å². The van der Waals surface area contributed by atoms with Gasteiger partial charge in [0, 0.05) is 28.7 Å². The third-order valence-corrected chi connectivity index (χ3v) is 6.64. The zero-order valence-corrected chi connectivity index (χ0v) is 17.5. The first-order chi connectivity index (χ1) is 15.7. The fourth-order valence-electron chi connectivity index (χ4n) is 5.10. The third kappa shape index (κ3) is 2.83. The molecule has 1 aliphatic carbocycles. The largest absolute Gasteiger partial charge is 0.294 e. The van der Waals surface area contributed by atoms with Crippen molar-refractivity contribution in [2.24, 2.45) is 0 Å². The Kier molecular flexibility index (Phi) is 4.32. The standard InChI is InChI=1S/C28H20N2O2/c31-16-27(32)26-14-23-18(15-30-26)11-12-29-28(23)25-13-24-19-6-2-1-5-17(19)9-10-22(24)20-7-3-4-8-21(20)25/h3-4,7-16H,1-2,5-6H2. The molecule has 5 aromatic rings. The van der Waals surface area contributed by atoms with Crippen LogP contribution < -0.4 is 0 Å². The van der Waals surface area contributed by atoms with Crippen LogP contribution in [0.5, 0.6) is 0 Å². The van der Waals surface area contributed by atoms with Crippen molar-refractivity contribution in [1.82, 2.24) is 9.97 Å². The summed E-state index contributed by atoms with van der Waals surface area (Å²) in [4.78, 5) is 32.0. The van der Waals surface area contributed by atoms with E-state index in [0.29, 0.717) is 6.29 Å². The maximum Gasteiger partial charge on any atom is 0.243 e. The summed E-state index contributed by atoms with van der Waals surface area (Å²) in [5.41, 5.74) is 4.87. The number of hydrogen-bond donors (Lipinski definition) is 0. The summed E-state index contributed by atoms with van der Waals surface area (Å²) in [6, 6.07) is 18.8. The minimum Gasteiger partial charge on any atom is -0.294 e. The number of benzene rings is 3. The maximum absolute atomic E-state index is 12.0. The number of aryl methyl sites for hydroxylation is 2. The zero-order chi connectivity index (χ0) is 21.7. The van der Waals surface area contributed by atoms with E-state index in [2.05, 4.69) is 41.4 Å². The van der Waals surface area contributed by atoms with E-state index in [1.54, 1.807) is 18.5 Å². The van der Waals surface area contributed by atoms with E-state index in [9.17, 15) is 9.59 Å². The van der Waals surface area contributed by atoms with Gasteiger partial charge >= 0.3 is 0 Å². The molecule has 0 saturated carbocycles. The van der Waals surface area contributed by atoms with Crippen LogP contribution >= 0.6 is 0 Å². The number of Topliss-reactive ketones (excluding diaryl/α,β-unsaturated/α-hetero) is 1. The highest BCUT2D eigenvalue weighted by atomic mass is 16.2. The molecule has 0 saturated heterocycles. The number of pyridine rings is 2. The van der Waals surface area contributed by atoms with Crippen molar-refractivity contribution in [1.29, 1.82) is 0 Å². The summed E-state index contributed by atoms with van der Waals surface area (Å²) in [6.45, 7) is 0. The monoisotopic (exact) mass is 416 g/mol. The van der Waals surface area contributed by atoms with Gasteiger partial charge in [-0.15, -0.1) is 0 Å². The van der Waals surface area contributed by atoms with E-state index in [4.69, 9.17) is 4.98 Å². The fraction of sp³-hybridized carbons (Fsp3) is 0.143. The van der Waals surface area contributed by atoms with Gasteiger partial charge in [0.2, 0.25) is 5.78 Å². The number of fused-ring (bicyclic) bond motifs is 6. The Morgan fingerprint density at radius 3 is 2.50 bits per heavy atom. The van der Waals surface area contributed by atoms with Gasteiger partial charge in [-0.3, -0.25) is 19.6 Å². The van der Waals surface area contributed by atoms with Gasteiger partial charge in [0.05, 0.1) is 5.69 Å². The molecule has 0 atom stereocenters. The van der Waals surface area contributed by atoms with Crippen molar-refractivity contribution in [2.75, 3.05) is 0 Å². The molecule has 0 spiro atoms. The number of carbonyl (C=O) groups is 2. The first-order valence-corrected chi connectivity index (χ1v) is 11.0. The van der Waals surface area contributed by atoms with Crippen molar-refractivity contribution in [3.05, 3.63) is 83.8 Å². The Hall–Kier alpha value is -3.92. The van der Waals surface area contributed by atoms with Crippen LogP contribution in [0.3, 0.4) is 0 Å². The molecule has 4 heteroatoms. The number of carbonyl (C=O) groups excluding carboxylic acids is 2. The minimum atomic E-state index is -0.626. The Morgan fingerprint density at radius 1 is 0.812 bits per heavy atom. The van der Waals surface area contributed by atoms with Gasteiger partial charge in [0.1, 0.15) is 5.69 Å². The van der Waals surface area contributed by atoms with Crippen LogP contribution in [0.4, 0.5) is 0 Å². The molecule has 2 heterocycles. The summed E-state index contributed by atoms with van der Waals surface area (Å²) in [6.07, 6.45) is 8.40. The van der Waals surface area contributed by atoms with Crippen LogP contribution in [0.25, 0.3) is 43.6 Å². The molecular formula is C28H20N2O2. The lowest BCUT2D eigenvalue weighted by molar-refractivity contribution is -0.104. The number of ketones is 1. The van der Waals surface area contributed by atoms with Crippen molar-refractivity contribution in [2.45, 2.75) is 25.7 Å². The zero-order valence-electron chi connectivity index (χ0n) is 17.5. The molecule has 0 aliphatic heterocycles. The van der Waals surface area contributed by atoms with Crippen molar-refractivity contribution < 1.29 is 9.59 Å². The molecule has 32 heavy (non-hydrogen) atoms. The van der Waals surface area contributed by atoms with Crippen molar-refractivity contribution in [3.63, 3.8) is 0 Å². The normalized spacial score (nSPS) is 13.4. The molecule has 0 radical (unpaired) electrons. The van der Waals surface area contributed by atoms with Gasteiger partial charge in [-0.1, -0.05) is 36.4 Å². The molecule has 4 nitrogen and oxygen atoms in total. The average molecular weight is 416 g/mol. The SMILES string of the molecule is O=CC(=O)c1cc2c(-c3cc4c5c(ccc4c4ccccc34)CCCC5)nccc2cn1. The predicted octanol–water partition coefficient (Wildman–Crippen LogP) is 5.86. The Bertz CT molecular complexity index is 1570. The Morgan fingerprint density at radius 2 is 1.62 bits per heavy atom. The molecule has 0 unspecified atom stereocenters. The lowest BCUT2D eigenvalue weighted by Crippen LogP contribution is -2.04. The molecule has 0 N–H and O–H groups in total. The first kappa shape index (κ1) is 18.8. The summed E-state index contributed by atoms with van der Waals surface area (Å²) >= 11 is 0. The second-order valence-corrected chi connectivity index (χ2v) is 8.41. The molecule has 154 valence electrons. The fourth-order valence-corrected chi connectivity index (χ4v) is 5.10. The maximum atomic E-state index is 12.0. The van der Waals surface area contributed by atoms with E-state index in [-0.39, 0.29) is 5.69 Å². The summed E-state index contributed by atoms with van der Waals surface area (Å²) in [7, 11) is 0. The lowest BCUT2D eigenvalue weighted by Gasteiger charge is -2.20. The number of aldehydes is 1. The van der Waals surface area contributed by atoms with E-state index in [0.717, 1.165) is 40.3 Å². The van der Waals surface area contributed by atoms with Crippen LogP contribution in [0.2, 0.25) is 0 Å². The molecular weight excluding hydrogens is 396 g/mol. The molecule has 0 amide bonds. The minimum absolute atomic E-state index is 0.143. The van der Waals surface area contributed by atoms with E-state index >= 15 is 0 Å². The van der Waals surface area contributed by atoms with E-state index < -0.39 is 5.78 Å². The molecule has 6 rings (SSSR count). The molecule has 1 aliphatic rings. The van der Waals surface area contributed by atoms with Crippen LogP contribution in [-0.2, 0) is 17.6 Å². The van der Waals surface area contributed by atoms with Gasteiger partial charge in [0.25, 0.3) is 0 Å². The summed E-state index contributed by atoms with van der Waals surface area (Å²) < 4.78 is 0. The second kappa shape index (κ2) is 7.34. The predicted molar refractivity (Wildman–Crippen MR) is 127 cm³/mol. The topological polar surface area (TPSA) is 59.9 Å². The molecule has 2 aromatic heterocycles. The number of hydrogen-bond acceptors (Lipinski definition) is 4. The Balaban J connectivity index is 1.73. The van der Waals surface area contributed by atoms with Crippen molar-refractivity contribution in [3.8, 4) is 11.3 Å². The first-order valence-electron chi connectivity index (χ1n) is 11.0. The highest BCUT2D eigenvalue weighted by Crippen LogP contribution is 2.40. The van der Waals surface area contributed by atoms with Crippen LogP contribution in [0, 0.1) is 0 Å². The number of aromatic nitrogens is 2. The number of rotatable bonds is 3. The number of nitrogens with zero attached hydrogens (tertiary/aromatic N) is 2. The van der Waals surface area contributed by atoms with Gasteiger partial charge in [-0.25, -0.2) is 0 Å². The third-order valence-electron chi connectivity index (χ3n) is 6.64. The van der Waals surface area contributed by atoms with Crippen molar-refractivity contribution >= 4 is 44.4 Å². The highest BCUT2D eigenvalue weighted by molar-refractivity contribution is 6.33.